The van der Waals surface area contributed by atoms with Crippen molar-refractivity contribution in [2.75, 3.05) is 5.75 Å². The Morgan fingerprint density at radius 2 is 2.05 bits per heavy atom. The Balaban J connectivity index is 1.84. The summed E-state index contributed by atoms with van der Waals surface area (Å²) in [6.07, 6.45) is 3.66. The second-order valence-corrected chi connectivity index (χ2v) is 7.52. The summed E-state index contributed by atoms with van der Waals surface area (Å²) >= 11 is 1.64. The lowest BCUT2D eigenvalue weighted by molar-refractivity contribution is -0.119. The van der Waals surface area contributed by atoms with Crippen LogP contribution in [-0.4, -0.2) is 17.7 Å². The van der Waals surface area contributed by atoms with Gasteiger partial charge in [0, 0.05) is 10.9 Å². The lowest BCUT2D eigenvalue weighted by atomic mass is 9.78. The Hall–Kier alpha value is -0.960. The van der Waals surface area contributed by atoms with Crippen LogP contribution < -0.4 is 5.32 Å². The maximum atomic E-state index is 12.2. The first-order chi connectivity index (χ1) is 9.97. The first kappa shape index (κ1) is 16.4. The van der Waals surface area contributed by atoms with Gasteiger partial charge in [-0.25, -0.2) is 0 Å². The molecule has 2 nitrogen and oxygen atoms in total. The Labute approximate surface area is 133 Å². The average Bonchev–Trinajstić information content (AvgIpc) is 2.43. The van der Waals surface area contributed by atoms with Crippen molar-refractivity contribution in [3.63, 3.8) is 0 Å². The van der Waals surface area contributed by atoms with Crippen LogP contribution in [0.15, 0.2) is 23.1 Å². The summed E-state index contributed by atoms with van der Waals surface area (Å²) in [7, 11) is 0. The van der Waals surface area contributed by atoms with E-state index in [1.165, 1.54) is 28.9 Å². The van der Waals surface area contributed by atoms with E-state index in [2.05, 4.69) is 51.2 Å². The van der Waals surface area contributed by atoms with Crippen molar-refractivity contribution in [1.29, 1.82) is 0 Å². The minimum absolute atomic E-state index is 0.172. The molecule has 116 valence electrons. The van der Waals surface area contributed by atoms with Crippen molar-refractivity contribution in [2.45, 2.75) is 57.9 Å². The summed E-state index contributed by atoms with van der Waals surface area (Å²) in [6.45, 7) is 8.78. The van der Waals surface area contributed by atoms with E-state index in [0.29, 0.717) is 17.7 Å². The quantitative estimate of drug-likeness (QED) is 0.839. The van der Waals surface area contributed by atoms with Crippen LogP contribution in [0, 0.1) is 25.7 Å². The smallest absolute Gasteiger partial charge is 0.230 e. The van der Waals surface area contributed by atoms with Gasteiger partial charge >= 0.3 is 0 Å². The molecule has 1 N–H and O–H groups in total. The van der Waals surface area contributed by atoms with Crippen LogP contribution in [0.1, 0.15) is 44.2 Å². The molecule has 1 aromatic carbocycles. The molecule has 0 aliphatic heterocycles. The van der Waals surface area contributed by atoms with Gasteiger partial charge < -0.3 is 5.32 Å². The minimum Gasteiger partial charge on any atom is -0.352 e. The molecule has 1 amide bonds. The van der Waals surface area contributed by atoms with Crippen molar-refractivity contribution >= 4 is 17.7 Å². The van der Waals surface area contributed by atoms with Crippen LogP contribution >= 0.6 is 11.8 Å². The van der Waals surface area contributed by atoms with Gasteiger partial charge in [0.05, 0.1) is 5.75 Å². The summed E-state index contributed by atoms with van der Waals surface area (Å²) in [5.41, 5.74) is 2.53. The Morgan fingerprint density at radius 3 is 2.76 bits per heavy atom. The largest absolute Gasteiger partial charge is 0.352 e. The summed E-state index contributed by atoms with van der Waals surface area (Å²) < 4.78 is 0. The van der Waals surface area contributed by atoms with E-state index < -0.39 is 0 Å². The maximum absolute atomic E-state index is 12.2. The van der Waals surface area contributed by atoms with Crippen molar-refractivity contribution in [2.24, 2.45) is 11.8 Å². The number of hydrogen-bond donors (Lipinski definition) is 1. The fourth-order valence-corrected chi connectivity index (χ4v) is 3.96. The topological polar surface area (TPSA) is 29.1 Å². The molecular formula is C18H27NOS. The van der Waals surface area contributed by atoms with Gasteiger partial charge in [0.1, 0.15) is 0 Å². The van der Waals surface area contributed by atoms with Gasteiger partial charge in [-0.3, -0.25) is 4.79 Å². The van der Waals surface area contributed by atoms with Crippen LogP contribution in [0.25, 0.3) is 0 Å². The molecule has 0 radical (unpaired) electrons. The third-order valence-corrected chi connectivity index (χ3v) is 5.92. The van der Waals surface area contributed by atoms with E-state index >= 15 is 0 Å². The molecule has 0 aromatic heterocycles. The van der Waals surface area contributed by atoms with Gasteiger partial charge in [0.25, 0.3) is 0 Å². The number of carbonyl (C=O) groups is 1. The fraction of sp³-hybridized carbons (Fsp3) is 0.611. The molecule has 0 bridgehead atoms. The summed E-state index contributed by atoms with van der Waals surface area (Å²) in [5.74, 6) is 2.00. The number of benzene rings is 1. The molecular weight excluding hydrogens is 278 g/mol. The third kappa shape index (κ3) is 4.50. The third-order valence-electron chi connectivity index (χ3n) is 4.74. The highest BCUT2D eigenvalue weighted by Gasteiger charge is 2.27. The van der Waals surface area contributed by atoms with Crippen LogP contribution in [-0.2, 0) is 4.79 Å². The zero-order chi connectivity index (χ0) is 15.4. The standard InChI is InChI=1S/C18H27NOS/c1-12-8-9-17(14(3)10-12)21-11-18(20)19-16-7-5-6-13(2)15(16)4/h8-10,13,15-16H,5-7,11H2,1-4H3,(H,19,20)/t13-,15+,16-/m1/s1. The van der Waals surface area contributed by atoms with Gasteiger partial charge in [-0.2, -0.15) is 0 Å². The molecule has 0 unspecified atom stereocenters. The molecule has 0 heterocycles. The van der Waals surface area contributed by atoms with Crippen molar-refractivity contribution in [3.05, 3.63) is 29.3 Å². The predicted octanol–water partition coefficient (Wildman–Crippen LogP) is 4.34. The number of carbonyl (C=O) groups excluding carboxylic acids is 1. The monoisotopic (exact) mass is 305 g/mol. The van der Waals surface area contributed by atoms with Gasteiger partial charge in [0.15, 0.2) is 0 Å². The Kier molecular flexibility index (Phi) is 5.74. The van der Waals surface area contributed by atoms with Crippen molar-refractivity contribution in [1.82, 2.24) is 5.32 Å². The van der Waals surface area contributed by atoms with Gasteiger partial charge in [-0.05, 0) is 43.7 Å². The van der Waals surface area contributed by atoms with Gasteiger partial charge in [-0.1, -0.05) is 44.4 Å². The average molecular weight is 305 g/mol. The lowest BCUT2D eigenvalue weighted by Gasteiger charge is -2.34. The number of amides is 1. The molecule has 21 heavy (non-hydrogen) atoms. The number of thioether (sulfide) groups is 1. The SMILES string of the molecule is Cc1ccc(SCC(=O)N[C@@H]2CCC[C@@H](C)[C@@H]2C)c(C)c1. The van der Waals surface area contributed by atoms with E-state index in [1.807, 2.05) is 0 Å². The lowest BCUT2D eigenvalue weighted by Crippen LogP contribution is -2.44. The van der Waals surface area contributed by atoms with E-state index in [0.717, 1.165) is 12.3 Å². The minimum atomic E-state index is 0.172. The van der Waals surface area contributed by atoms with E-state index in [4.69, 9.17) is 0 Å². The highest BCUT2D eigenvalue weighted by Crippen LogP contribution is 2.29. The fourth-order valence-electron chi connectivity index (χ4n) is 3.14. The molecule has 1 aliphatic rings. The maximum Gasteiger partial charge on any atom is 0.230 e. The summed E-state index contributed by atoms with van der Waals surface area (Å²) in [5, 5.41) is 3.24. The van der Waals surface area contributed by atoms with Crippen molar-refractivity contribution in [3.8, 4) is 0 Å². The zero-order valence-electron chi connectivity index (χ0n) is 13.6. The second-order valence-electron chi connectivity index (χ2n) is 6.50. The van der Waals surface area contributed by atoms with Crippen molar-refractivity contribution < 1.29 is 4.79 Å². The molecule has 1 fully saturated rings. The second kappa shape index (κ2) is 7.35. The van der Waals surface area contributed by atoms with E-state index in [9.17, 15) is 4.79 Å². The molecule has 3 atom stereocenters. The number of rotatable bonds is 4. The number of nitrogens with one attached hydrogen (secondary N) is 1. The predicted molar refractivity (Wildman–Crippen MR) is 90.7 cm³/mol. The van der Waals surface area contributed by atoms with E-state index in [1.54, 1.807) is 11.8 Å². The molecule has 1 saturated carbocycles. The van der Waals surface area contributed by atoms with Gasteiger partial charge in [0.2, 0.25) is 5.91 Å². The number of hydrogen-bond acceptors (Lipinski definition) is 2. The van der Waals surface area contributed by atoms with E-state index in [-0.39, 0.29) is 5.91 Å². The van der Waals surface area contributed by atoms with Crippen LogP contribution in [0.4, 0.5) is 0 Å². The molecule has 1 aromatic rings. The summed E-state index contributed by atoms with van der Waals surface area (Å²) in [6, 6.07) is 6.76. The zero-order valence-corrected chi connectivity index (χ0v) is 14.4. The molecule has 0 saturated heterocycles. The Morgan fingerprint density at radius 1 is 1.29 bits per heavy atom. The highest BCUT2D eigenvalue weighted by atomic mass is 32.2. The number of aryl methyl sites for hydroxylation is 2. The van der Waals surface area contributed by atoms with Crippen LogP contribution in [0.3, 0.4) is 0 Å². The molecule has 2 rings (SSSR count). The van der Waals surface area contributed by atoms with Gasteiger partial charge in [-0.15, -0.1) is 11.8 Å². The molecule has 1 aliphatic carbocycles. The first-order valence-corrected chi connectivity index (χ1v) is 8.95. The molecule has 3 heteroatoms. The normalized spacial score (nSPS) is 25.6. The Bertz CT molecular complexity index is 500. The highest BCUT2D eigenvalue weighted by molar-refractivity contribution is 8.00. The van der Waals surface area contributed by atoms with Crippen LogP contribution in [0.5, 0.6) is 0 Å². The van der Waals surface area contributed by atoms with Crippen LogP contribution in [0.2, 0.25) is 0 Å². The molecule has 0 spiro atoms. The first-order valence-electron chi connectivity index (χ1n) is 7.97. The summed E-state index contributed by atoms with van der Waals surface area (Å²) in [4.78, 5) is 13.4.